The van der Waals surface area contributed by atoms with Gasteiger partial charge in [0.15, 0.2) is 0 Å². The maximum Gasteiger partial charge on any atom is 0.254 e. The molecule has 1 aromatic carbocycles. The van der Waals surface area contributed by atoms with Crippen LogP contribution in [0.2, 0.25) is 0 Å². The van der Waals surface area contributed by atoms with Gasteiger partial charge in [-0.2, -0.15) is 0 Å². The van der Waals surface area contributed by atoms with Gasteiger partial charge < -0.3 is 10.2 Å². The molecule has 27 heavy (non-hydrogen) atoms. The number of anilines is 1. The first-order valence-corrected chi connectivity index (χ1v) is 10.1. The van der Waals surface area contributed by atoms with E-state index in [9.17, 15) is 13.6 Å². The molecular formula is C19H22F2N4OS. The van der Waals surface area contributed by atoms with Crippen LogP contribution in [0.1, 0.15) is 30.1 Å². The number of carbonyl (C=O) groups excluding carboxylic acids is 1. The molecule has 0 aliphatic carbocycles. The second-order valence-electron chi connectivity index (χ2n) is 6.61. The monoisotopic (exact) mass is 392 g/mol. The number of hydrogen-bond acceptors (Lipinski definition) is 5. The van der Waals surface area contributed by atoms with Crippen LogP contribution in [0.5, 0.6) is 0 Å². The van der Waals surface area contributed by atoms with Gasteiger partial charge >= 0.3 is 0 Å². The highest BCUT2D eigenvalue weighted by atomic mass is 32.2. The lowest BCUT2D eigenvalue weighted by Crippen LogP contribution is -2.44. The molecule has 1 amide bonds. The number of halogens is 2. The Morgan fingerprint density at radius 2 is 2.04 bits per heavy atom. The quantitative estimate of drug-likeness (QED) is 0.623. The van der Waals surface area contributed by atoms with E-state index < -0.39 is 17.5 Å². The summed E-state index contributed by atoms with van der Waals surface area (Å²) in [5.41, 5.74) is -0.136. The molecule has 0 unspecified atom stereocenters. The van der Waals surface area contributed by atoms with Gasteiger partial charge in [-0.15, -0.1) is 11.8 Å². The summed E-state index contributed by atoms with van der Waals surface area (Å²) in [6.45, 7) is 3.52. The van der Waals surface area contributed by atoms with E-state index in [1.165, 1.54) is 6.07 Å². The van der Waals surface area contributed by atoms with Crippen molar-refractivity contribution < 1.29 is 13.6 Å². The number of hydrogen-bond donors (Lipinski definition) is 1. The predicted octanol–water partition coefficient (Wildman–Crippen LogP) is 3.51. The number of amides is 1. The van der Waals surface area contributed by atoms with E-state index in [1.54, 1.807) is 18.0 Å². The SMILES string of the molecule is CSc1ccnc(N2CCC([C@@H](C)NC(=O)c3ccc(F)cc3F)CC2)n1. The highest BCUT2D eigenvalue weighted by Crippen LogP contribution is 2.24. The highest BCUT2D eigenvalue weighted by Gasteiger charge is 2.27. The van der Waals surface area contributed by atoms with Crippen molar-refractivity contribution in [3.05, 3.63) is 47.7 Å². The molecule has 0 spiro atoms. The molecule has 0 bridgehead atoms. The van der Waals surface area contributed by atoms with E-state index in [4.69, 9.17) is 0 Å². The molecule has 5 nitrogen and oxygen atoms in total. The smallest absolute Gasteiger partial charge is 0.254 e. The molecule has 1 N–H and O–H groups in total. The summed E-state index contributed by atoms with van der Waals surface area (Å²) >= 11 is 1.58. The Kier molecular flexibility index (Phi) is 6.26. The number of nitrogens with zero attached hydrogens (tertiary/aromatic N) is 3. The lowest BCUT2D eigenvalue weighted by atomic mass is 9.90. The molecule has 1 atom stereocenters. The van der Waals surface area contributed by atoms with Gasteiger partial charge in [0, 0.05) is 31.4 Å². The molecule has 2 heterocycles. The first kappa shape index (κ1) is 19.5. The fraction of sp³-hybridized carbons (Fsp3) is 0.421. The van der Waals surface area contributed by atoms with Crippen molar-refractivity contribution in [2.45, 2.75) is 30.8 Å². The van der Waals surface area contributed by atoms with E-state index >= 15 is 0 Å². The van der Waals surface area contributed by atoms with Crippen LogP contribution < -0.4 is 10.2 Å². The maximum absolute atomic E-state index is 13.8. The Balaban J connectivity index is 1.56. The van der Waals surface area contributed by atoms with Crippen molar-refractivity contribution >= 4 is 23.6 Å². The molecule has 2 aromatic rings. The van der Waals surface area contributed by atoms with Gasteiger partial charge in [-0.25, -0.2) is 18.7 Å². The molecule has 0 saturated carbocycles. The number of piperidine rings is 1. The number of nitrogens with one attached hydrogen (secondary N) is 1. The van der Waals surface area contributed by atoms with Crippen molar-refractivity contribution in [2.24, 2.45) is 5.92 Å². The topological polar surface area (TPSA) is 58.1 Å². The molecule has 0 radical (unpaired) electrons. The Morgan fingerprint density at radius 1 is 1.30 bits per heavy atom. The van der Waals surface area contributed by atoms with Crippen LogP contribution in [-0.2, 0) is 0 Å². The first-order valence-electron chi connectivity index (χ1n) is 8.86. The van der Waals surface area contributed by atoms with Crippen LogP contribution >= 0.6 is 11.8 Å². The van der Waals surface area contributed by atoms with Crippen LogP contribution in [0.3, 0.4) is 0 Å². The number of carbonyl (C=O) groups is 1. The van der Waals surface area contributed by atoms with Gasteiger partial charge in [-0.05, 0) is 50.1 Å². The number of aromatic nitrogens is 2. The number of rotatable bonds is 5. The maximum atomic E-state index is 13.8. The standard InChI is InChI=1S/C19H22F2N4OS/c1-12(23-18(26)15-4-3-14(20)11-16(15)21)13-6-9-25(10-7-13)19-22-8-5-17(24-19)27-2/h3-5,8,11-13H,6-7,9-10H2,1-2H3,(H,23,26)/t12-/m1/s1. The van der Waals surface area contributed by atoms with E-state index in [2.05, 4.69) is 20.2 Å². The Hall–Kier alpha value is -2.22. The normalized spacial score (nSPS) is 16.2. The summed E-state index contributed by atoms with van der Waals surface area (Å²) in [7, 11) is 0. The molecule has 1 aliphatic heterocycles. The van der Waals surface area contributed by atoms with Crippen LogP contribution in [0.4, 0.5) is 14.7 Å². The molecule has 144 valence electrons. The zero-order chi connectivity index (χ0) is 19.4. The molecular weight excluding hydrogens is 370 g/mol. The summed E-state index contributed by atoms with van der Waals surface area (Å²) in [5.74, 6) is -1.06. The third kappa shape index (κ3) is 4.74. The van der Waals surface area contributed by atoms with Crippen molar-refractivity contribution in [1.29, 1.82) is 0 Å². The lowest BCUT2D eigenvalue weighted by Gasteiger charge is -2.35. The minimum absolute atomic E-state index is 0.109. The third-order valence-electron chi connectivity index (χ3n) is 4.89. The average molecular weight is 392 g/mol. The molecule has 1 aliphatic rings. The zero-order valence-corrected chi connectivity index (χ0v) is 16.1. The van der Waals surface area contributed by atoms with Crippen LogP contribution in [0, 0.1) is 17.6 Å². The number of thioether (sulfide) groups is 1. The Bertz CT molecular complexity index is 812. The molecule has 3 rings (SSSR count). The summed E-state index contributed by atoms with van der Waals surface area (Å²) in [5, 5.41) is 3.78. The van der Waals surface area contributed by atoms with Crippen molar-refractivity contribution in [1.82, 2.24) is 15.3 Å². The second kappa shape index (κ2) is 8.65. The molecule has 1 aromatic heterocycles. The van der Waals surface area contributed by atoms with E-state index in [-0.39, 0.29) is 17.5 Å². The predicted molar refractivity (Wildman–Crippen MR) is 102 cm³/mol. The summed E-state index contributed by atoms with van der Waals surface area (Å²) in [6.07, 6.45) is 5.49. The van der Waals surface area contributed by atoms with E-state index in [0.717, 1.165) is 49.0 Å². The third-order valence-corrected chi connectivity index (χ3v) is 5.54. The van der Waals surface area contributed by atoms with Gasteiger partial charge in [0.1, 0.15) is 16.7 Å². The van der Waals surface area contributed by atoms with Crippen LogP contribution in [0.25, 0.3) is 0 Å². The number of benzene rings is 1. The van der Waals surface area contributed by atoms with E-state index in [1.807, 2.05) is 19.2 Å². The minimum Gasteiger partial charge on any atom is -0.349 e. The van der Waals surface area contributed by atoms with Crippen LogP contribution in [0.15, 0.2) is 35.5 Å². The van der Waals surface area contributed by atoms with Gasteiger partial charge in [0.05, 0.1) is 5.56 Å². The second-order valence-corrected chi connectivity index (χ2v) is 7.44. The fourth-order valence-corrected chi connectivity index (χ4v) is 3.64. The minimum atomic E-state index is -0.847. The first-order chi connectivity index (χ1) is 13.0. The lowest BCUT2D eigenvalue weighted by molar-refractivity contribution is 0.0918. The highest BCUT2D eigenvalue weighted by molar-refractivity contribution is 7.98. The summed E-state index contributed by atoms with van der Waals surface area (Å²) in [4.78, 5) is 23.3. The summed E-state index contributed by atoms with van der Waals surface area (Å²) < 4.78 is 26.8. The van der Waals surface area contributed by atoms with Crippen molar-refractivity contribution in [3.63, 3.8) is 0 Å². The van der Waals surface area contributed by atoms with Gasteiger partial charge in [0.25, 0.3) is 5.91 Å². The van der Waals surface area contributed by atoms with Crippen molar-refractivity contribution in [3.8, 4) is 0 Å². The van der Waals surface area contributed by atoms with Gasteiger partial charge in [0.2, 0.25) is 5.95 Å². The molecule has 1 fully saturated rings. The zero-order valence-electron chi connectivity index (χ0n) is 15.3. The molecule has 8 heteroatoms. The van der Waals surface area contributed by atoms with Crippen molar-refractivity contribution in [2.75, 3.05) is 24.2 Å². The fourth-order valence-electron chi connectivity index (χ4n) is 3.27. The van der Waals surface area contributed by atoms with Gasteiger partial charge in [-0.3, -0.25) is 4.79 Å². The Morgan fingerprint density at radius 3 is 2.70 bits per heavy atom. The van der Waals surface area contributed by atoms with E-state index in [0.29, 0.717) is 0 Å². The summed E-state index contributed by atoms with van der Waals surface area (Å²) in [6, 6.07) is 4.76. The average Bonchev–Trinajstić information content (AvgIpc) is 2.68. The van der Waals surface area contributed by atoms with Gasteiger partial charge in [-0.1, -0.05) is 0 Å². The molecule has 1 saturated heterocycles. The Labute approximate surface area is 161 Å². The largest absolute Gasteiger partial charge is 0.349 e. The van der Waals surface area contributed by atoms with Crippen LogP contribution in [-0.4, -0.2) is 41.3 Å².